The molecule has 1 aliphatic carbocycles. The van der Waals surface area contributed by atoms with Crippen molar-refractivity contribution < 1.29 is 9.18 Å². The van der Waals surface area contributed by atoms with Crippen LogP contribution < -0.4 is 10.9 Å². The van der Waals surface area contributed by atoms with Crippen LogP contribution in [0, 0.1) is 12.7 Å². The third-order valence-corrected chi connectivity index (χ3v) is 5.25. The zero-order chi connectivity index (χ0) is 20.2. The molecule has 1 aromatic carbocycles. The molecule has 2 heterocycles. The molecule has 1 amide bonds. The summed E-state index contributed by atoms with van der Waals surface area (Å²) in [6.45, 7) is 5.60. The lowest BCUT2D eigenvalue weighted by Gasteiger charge is -2.14. The van der Waals surface area contributed by atoms with Gasteiger partial charge in [-0.25, -0.2) is 9.07 Å². The first kappa shape index (κ1) is 18.4. The first-order valence-electron chi connectivity index (χ1n) is 9.46. The summed E-state index contributed by atoms with van der Waals surface area (Å²) in [6, 6.07) is 4.84. The number of nitrogens with zero attached hydrogens (tertiary/aromatic N) is 3. The largest absolute Gasteiger partial charge is 0.349 e. The van der Waals surface area contributed by atoms with Crippen LogP contribution >= 0.6 is 0 Å². The molecule has 1 saturated carbocycles. The molecule has 0 spiro atoms. The minimum absolute atomic E-state index is 0.0996. The molecule has 1 fully saturated rings. The summed E-state index contributed by atoms with van der Waals surface area (Å²) in [5, 5.41) is 8.03. The second kappa shape index (κ2) is 6.58. The fourth-order valence-corrected chi connectivity index (χ4v) is 3.47. The summed E-state index contributed by atoms with van der Waals surface area (Å²) in [7, 11) is 1.68. The summed E-state index contributed by atoms with van der Waals surface area (Å²) >= 11 is 0. The van der Waals surface area contributed by atoms with Gasteiger partial charge in [0, 0.05) is 35.6 Å². The van der Waals surface area contributed by atoms with Gasteiger partial charge in [-0.2, -0.15) is 5.10 Å². The van der Waals surface area contributed by atoms with E-state index >= 15 is 0 Å². The number of fused-ring (bicyclic) bond motifs is 1. The Labute approximate surface area is 162 Å². The summed E-state index contributed by atoms with van der Waals surface area (Å²) in [5.74, 6) is -0.813. The van der Waals surface area contributed by atoms with E-state index in [2.05, 4.69) is 10.4 Å². The molecule has 0 unspecified atom stereocenters. The van der Waals surface area contributed by atoms with Crippen LogP contribution in [-0.2, 0) is 7.05 Å². The molecule has 4 rings (SSSR count). The number of aryl methyl sites for hydroxylation is 1. The molecule has 0 saturated heterocycles. The Hall–Kier alpha value is -2.96. The van der Waals surface area contributed by atoms with Crippen LogP contribution in [0.15, 0.2) is 29.2 Å². The van der Waals surface area contributed by atoms with Crippen molar-refractivity contribution in [2.24, 2.45) is 7.05 Å². The van der Waals surface area contributed by atoms with E-state index in [0.717, 1.165) is 18.2 Å². The number of amides is 1. The molecule has 2 aromatic heterocycles. The Morgan fingerprint density at radius 2 is 1.96 bits per heavy atom. The van der Waals surface area contributed by atoms with E-state index in [-0.39, 0.29) is 29.1 Å². The smallest absolute Gasteiger partial charge is 0.259 e. The Kier molecular flexibility index (Phi) is 4.33. The SMILES string of the molecule is Cc1c(F)cc(C(=O)NC2CC2)cc1-c1cc2cnn(C(C)C)c2n(C)c1=O. The van der Waals surface area contributed by atoms with Crippen LogP contribution in [0.4, 0.5) is 4.39 Å². The van der Waals surface area contributed by atoms with Crippen molar-refractivity contribution in [3.63, 3.8) is 0 Å². The van der Waals surface area contributed by atoms with Gasteiger partial charge in [-0.05, 0) is 62.9 Å². The van der Waals surface area contributed by atoms with Crippen molar-refractivity contribution in [1.29, 1.82) is 0 Å². The van der Waals surface area contributed by atoms with E-state index in [4.69, 9.17) is 0 Å². The predicted molar refractivity (Wildman–Crippen MR) is 106 cm³/mol. The van der Waals surface area contributed by atoms with Crippen molar-refractivity contribution in [3.05, 3.63) is 51.7 Å². The van der Waals surface area contributed by atoms with Gasteiger partial charge in [0.15, 0.2) is 0 Å². The lowest BCUT2D eigenvalue weighted by molar-refractivity contribution is 0.0950. The van der Waals surface area contributed by atoms with Crippen molar-refractivity contribution in [1.82, 2.24) is 19.7 Å². The number of benzene rings is 1. The second-order valence-corrected chi connectivity index (χ2v) is 7.76. The van der Waals surface area contributed by atoms with Crippen LogP contribution in [0.2, 0.25) is 0 Å². The Balaban J connectivity index is 1.90. The number of hydrogen-bond donors (Lipinski definition) is 1. The lowest BCUT2D eigenvalue weighted by Crippen LogP contribution is -2.26. The topological polar surface area (TPSA) is 68.9 Å². The maximum absolute atomic E-state index is 14.6. The monoisotopic (exact) mass is 382 g/mol. The Morgan fingerprint density at radius 1 is 1.25 bits per heavy atom. The fraction of sp³-hybridized carbons (Fsp3) is 0.381. The lowest BCUT2D eigenvalue weighted by atomic mass is 9.97. The normalized spacial score (nSPS) is 14.1. The zero-order valence-electron chi connectivity index (χ0n) is 16.4. The number of nitrogens with one attached hydrogen (secondary N) is 1. The van der Waals surface area contributed by atoms with E-state index in [1.165, 1.54) is 10.6 Å². The highest BCUT2D eigenvalue weighted by Gasteiger charge is 2.25. The van der Waals surface area contributed by atoms with Crippen molar-refractivity contribution in [2.75, 3.05) is 0 Å². The maximum atomic E-state index is 14.6. The first-order chi connectivity index (χ1) is 13.3. The molecule has 0 aliphatic heterocycles. The van der Waals surface area contributed by atoms with E-state index in [9.17, 15) is 14.0 Å². The molecular weight excluding hydrogens is 359 g/mol. The van der Waals surface area contributed by atoms with Crippen LogP contribution in [0.5, 0.6) is 0 Å². The summed E-state index contributed by atoms with van der Waals surface area (Å²) in [6.07, 6.45) is 3.60. The predicted octanol–water partition coefficient (Wildman–Crippen LogP) is 3.32. The summed E-state index contributed by atoms with van der Waals surface area (Å²) in [4.78, 5) is 25.5. The molecule has 0 radical (unpaired) electrons. The van der Waals surface area contributed by atoms with E-state index in [1.807, 2.05) is 13.8 Å². The number of aromatic nitrogens is 3. The number of hydrogen-bond acceptors (Lipinski definition) is 3. The highest BCUT2D eigenvalue weighted by molar-refractivity contribution is 5.96. The number of carbonyl (C=O) groups excluding carboxylic acids is 1. The molecule has 28 heavy (non-hydrogen) atoms. The van der Waals surface area contributed by atoms with Crippen LogP contribution in [-0.4, -0.2) is 26.3 Å². The number of pyridine rings is 1. The minimum atomic E-state index is -0.501. The fourth-order valence-electron chi connectivity index (χ4n) is 3.47. The quantitative estimate of drug-likeness (QED) is 0.753. The maximum Gasteiger partial charge on any atom is 0.259 e. The summed E-state index contributed by atoms with van der Waals surface area (Å²) < 4.78 is 17.9. The van der Waals surface area contributed by atoms with Gasteiger partial charge in [-0.1, -0.05) is 0 Å². The van der Waals surface area contributed by atoms with Gasteiger partial charge < -0.3 is 5.32 Å². The van der Waals surface area contributed by atoms with E-state index < -0.39 is 5.82 Å². The highest BCUT2D eigenvalue weighted by Crippen LogP contribution is 2.28. The molecule has 1 N–H and O–H groups in total. The zero-order valence-corrected chi connectivity index (χ0v) is 16.4. The number of carbonyl (C=O) groups is 1. The Bertz CT molecular complexity index is 1160. The van der Waals surface area contributed by atoms with Gasteiger partial charge in [0.2, 0.25) is 0 Å². The van der Waals surface area contributed by atoms with Crippen LogP contribution in [0.3, 0.4) is 0 Å². The van der Waals surface area contributed by atoms with E-state index in [0.29, 0.717) is 22.3 Å². The standard InChI is InChI=1S/C21H23FN4O2/c1-11(2)26-20-14(10-23-26)8-17(21(28)25(20)4)16-7-13(9-18(22)12(16)3)19(27)24-15-5-6-15/h7-11,15H,5-6H2,1-4H3,(H,24,27). The molecule has 3 aromatic rings. The average molecular weight is 382 g/mol. The van der Waals surface area contributed by atoms with E-state index in [1.54, 1.807) is 37.0 Å². The molecular formula is C21H23FN4O2. The first-order valence-corrected chi connectivity index (χ1v) is 9.46. The summed E-state index contributed by atoms with van der Waals surface area (Å²) in [5.41, 5.74) is 1.82. The molecule has 6 nitrogen and oxygen atoms in total. The van der Waals surface area contributed by atoms with Gasteiger partial charge in [0.05, 0.1) is 6.20 Å². The number of rotatable bonds is 4. The van der Waals surface area contributed by atoms with Crippen molar-refractivity contribution in [3.8, 4) is 11.1 Å². The van der Waals surface area contributed by atoms with Gasteiger partial charge in [-0.15, -0.1) is 0 Å². The molecule has 0 atom stereocenters. The third kappa shape index (κ3) is 3.00. The van der Waals surface area contributed by atoms with Gasteiger partial charge in [0.1, 0.15) is 11.5 Å². The van der Waals surface area contributed by atoms with Crippen molar-refractivity contribution >= 4 is 16.9 Å². The van der Waals surface area contributed by atoms with Gasteiger partial charge in [0.25, 0.3) is 11.5 Å². The van der Waals surface area contributed by atoms with Crippen molar-refractivity contribution in [2.45, 2.75) is 45.7 Å². The average Bonchev–Trinajstić information content (AvgIpc) is 3.35. The highest BCUT2D eigenvalue weighted by atomic mass is 19.1. The second-order valence-electron chi connectivity index (χ2n) is 7.76. The molecule has 0 bridgehead atoms. The Morgan fingerprint density at radius 3 is 2.61 bits per heavy atom. The van der Waals surface area contributed by atoms with Gasteiger partial charge >= 0.3 is 0 Å². The molecule has 1 aliphatic rings. The van der Waals surface area contributed by atoms with Crippen LogP contribution in [0.1, 0.15) is 48.7 Å². The minimum Gasteiger partial charge on any atom is -0.349 e. The number of halogens is 1. The third-order valence-electron chi connectivity index (χ3n) is 5.25. The van der Waals surface area contributed by atoms with Crippen LogP contribution in [0.25, 0.3) is 22.2 Å². The van der Waals surface area contributed by atoms with Gasteiger partial charge in [-0.3, -0.25) is 14.2 Å². The molecule has 146 valence electrons. The molecule has 7 heteroatoms.